The van der Waals surface area contributed by atoms with Crippen LogP contribution in [0.4, 0.5) is 11.6 Å². The first-order chi connectivity index (χ1) is 17.1. The second kappa shape index (κ2) is 9.88. The van der Waals surface area contributed by atoms with E-state index in [0.29, 0.717) is 35.1 Å². The van der Waals surface area contributed by atoms with Crippen molar-refractivity contribution in [3.8, 4) is 0 Å². The van der Waals surface area contributed by atoms with Gasteiger partial charge in [0.15, 0.2) is 15.5 Å². The zero-order valence-corrected chi connectivity index (χ0v) is 21.9. The van der Waals surface area contributed by atoms with Crippen LogP contribution < -0.4 is 16.0 Å². The molecule has 3 aliphatic rings. The summed E-state index contributed by atoms with van der Waals surface area (Å²) in [4.78, 5) is 17.1. The van der Waals surface area contributed by atoms with Crippen LogP contribution in [-0.4, -0.2) is 52.5 Å². The molecule has 9 nitrogen and oxygen atoms in total. The van der Waals surface area contributed by atoms with Crippen LogP contribution >= 0.6 is 0 Å². The lowest BCUT2D eigenvalue weighted by Gasteiger charge is -2.29. The van der Waals surface area contributed by atoms with Crippen LogP contribution in [0.25, 0.3) is 11.7 Å². The number of allylic oxidation sites excluding steroid dienone is 1. The van der Waals surface area contributed by atoms with Gasteiger partial charge >= 0.3 is 0 Å². The van der Waals surface area contributed by atoms with Gasteiger partial charge in [0.1, 0.15) is 11.6 Å². The molecule has 2 aliphatic carbocycles. The number of rotatable bonds is 9. The lowest BCUT2D eigenvalue weighted by molar-refractivity contribution is -0.115. The van der Waals surface area contributed by atoms with Crippen molar-refractivity contribution >= 4 is 39.1 Å². The van der Waals surface area contributed by atoms with Gasteiger partial charge in [-0.25, -0.2) is 13.4 Å². The van der Waals surface area contributed by atoms with Gasteiger partial charge < -0.3 is 16.0 Å². The summed E-state index contributed by atoms with van der Waals surface area (Å²) in [6.45, 7) is 7.76. The highest BCUT2D eigenvalue weighted by Gasteiger charge is 2.28. The quantitative estimate of drug-likeness (QED) is 0.438. The molecule has 2 aromatic heterocycles. The normalized spacial score (nSPS) is 24.0. The van der Waals surface area contributed by atoms with Crippen molar-refractivity contribution in [3.05, 3.63) is 35.7 Å². The molecule has 3 heterocycles. The number of carbonyl (C=O) groups excluding carboxylic acids is 1. The Kier molecular flexibility index (Phi) is 6.80. The predicted octanol–water partition coefficient (Wildman–Crippen LogP) is 3.76. The Balaban J connectivity index is 1.32. The number of fused-ring (bicyclic) bond motifs is 1. The topological polar surface area (TPSA) is 117 Å². The molecule has 36 heavy (non-hydrogen) atoms. The second-order valence-corrected chi connectivity index (χ2v) is 13.2. The van der Waals surface area contributed by atoms with Crippen molar-refractivity contribution < 1.29 is 13.2 Å². The Morgan fingerprint density at radius 1 is 1.17 bits per heavy atom. The number of amides is 1. The van der Waals surface area contributed by atoms with Gasteiger partial charge in [0.05, 0.1) is 17.7 Å². The molecule has 194 valence electrons. The maximum atomic E-state index is 12.4. The summed E-state index contributed by atoms with van der Waals surface area (Å²) < 4.78 is 26.7. The Bertz CT molecular complexity index is 1300. The van der Waals surface area contributed by atoms with Gasteiger partial charge in [-0.05, 0) is 56.4 Å². The Labute approximate surface area is 212 Å². The van der Waals surface area contributed by atoms with Gasteiger partial charge in [-0.1, -0.05) is 20.4 Å². The molecule has 0 unspecified atom stereocenters. The van der Waals surface area contributed by atoms with E-state index in [4.69, 9.17) is 4.98 Å². The van der Waals surface area contributed by atoms with Crippen LogP contribution in [0.3, 0.4) is 0 Å². The first kappa shape index (κ1) is 24.8. The Morgan fingerprint density at radius 2 is 1.86 bits per heavy atom. The van der Waals surface area contributed by atoms with Gasteiger partial charge in [-0.15, -0.1) is 0 Å². The predicted molar refractivity (Wildman–Crippen MR) is 142 cm³/mol. The molecular weight excluding hydrogens is 476 g/mol. The van der Waals surface area contributed by atoms with E-state index in [1.54, 1.807) is 10.7 Å². The maximum Gasteiger partial charge on any atom is 0.251 e. The molecule has 1 saturated heterocycles. The molecule has 2 saturated carbocycles. The number of anilines is 2. The molecule has 1 amide bonds. The molecule has 0 aromatic carbocycles. The average molecular weight is 513 g/mol. The van der Waals surface area contributed by atoms with Crippen molar-refractivity contribution in [1.29, 1.82) is 0 Å². The fourth-order valence-electron chi connectivity index (χ4n) is 5.21. The lowest BCUT2D eigenvalue weighted by Crippen LogP contribution is -2.30. The summed E-state index contributed by atoms with van der Waals surface area (Å²) in [6, 6.07) is 2.69. The third-order valence-electron chi connectivity index (χ3n) is 7.02. The van der Waals surface area contributed by atoms with Crippen molar-refractivity contribution in [2.75, 3.05) is 22.1 Å². The number of hydrogen-bond donors (Lipinski definition) is 3. The highest BCUT2D eigenvalue weighted by Crippen LogP contribution is 2.31. The molecule has 5 rings (SSSR count). The average Bonchev–Trinajstić information content (AvgIpc) is 3.42. The summed E-state index contributed by atoms with van der Waals surface area (Å²) in [5, 5.41) is 14.4. The number of carbonyl (C=O) groups is 1. The number of aromatic nitrogens is 3. The first-order valence-corrected chi connectivity index (χ1v) is 14.8. The highest BCUT2D eigenvalue weighted by molar-refractivity contribution is 7.91. The number of hydrogen-bond acceptors (Lipinski definition) is 7. The monoisotopic (exact) mass is 512 g/mol. The molecule has 10 heteroatoms. The minimum absolute atomic E-state index is 0.128. The molecule has 3 fully saturated rings. The van der Waals surface area contributed by atoms with Crippen LogP contribution in [0, 0.1) is 11.8 Å². The van der Waals surface area contributed by atoms with E-state index in [-0.39, 0.29) is 29.5 Å². The van der Waals surface area contributed by atoms with E-state index in [1.807, 2.05) is 26.0 Å². The van der Waals surface area contributed by atoms with Gasteiger partial charge in [0.25, 0.3) is 5.91 Å². The largest absolute Gasteiger partial charge is 0.367 e. The van der Waals surface area contributed by atoms with E-state index in [0.717, 1.165) is 55.7 Å². The van der Waals surface area contributed by atoms with Crippen LogP contribution in [-0.2, 0) is 14.6 Å². The van der Waals surface area contributed by atoms with E-state index in [9.17, 15) is 13.2 Å². The number of nitrogens with one attached hydrogen (secondary N) is 3. The molecule has 0 radical (unpaired) electrons. The minimum Gasteiger partial charge on any atom is -0.367 e. The molecular formula is C26H36N6O3S. The molecule has 0 bridgehead atoms. The van der Waals surface area contributed by atoms with E-state index in [1.165, 1.54) is 0 Å². The lowest BCUT2D eigenvalue weighted by atomic mass is 9.87. The van der Waals surface area contributed by atoms with Crippen LogP contribution in [0.1, 0.15) is 64.4 Å². The molecule has 3 N–H and O–H groups in total. The van der Waals surface area contributed by atoms with E-state index < -0.39 is 9.84 Å². The molecule has 0 atom stereocenters. The Morgan fingerprint density at radius 3 is 2.50 bits per heavy atom. The second-order valence-electron chi connectivity index (χ2n) is 11.0. The van der Waals surface area contributed by atoms with Crippen molar-refractivity contribution in [2.45, 2.75) is 70.9 Å². The minimum atomic E-state index is -3.00. The van der Waals surface area contributed by atoms with Crippen LogP contribution in [0.2, 0.25) is 0 Å². The van der Waals surface area contributed by atoms with E-state index in [2.05, 4.69) is 27.6 Å². The first-order valence-electron chi connectivity index (χ1n) is 13.0. The van der Waals surface area contributed by atoms with Gasteiger partial charge in [-0.3, -0.25) is 4.79 Å². The molecule has 0 spiro atoms. The number of sulfone groups is 1. The zero-order chi connectivity index (χ0) is 25.4. The Hall–Kier alpha value is -2.88. The van der Waals surface area contributed by atoms with Gasteiger partial charge in [-0.2, -0.15) is 9.61 Å². The summed E-state index contributed by atoms with van der Waals surface area (Å²) in [5.74, 6) is 2.48. The SMILES string of the molecule is C=C1C/C(=C\c2cnn3c(NC4CC4)cc(NC4CCC(CS(=O)(=O)CC(C)C)CC4)nc23)C(=O)N1. The smallest absolute Gasteiger partial charge is 0.251 e. The van der Waals surface area contributed by atoms with E-state index >= 15 is 0 Å². The van der Waals surface area contributed by atoms with Crippen molar-refractivity contribution in [1.82, 2.24) is 19.9 Å². The summed E-state index contributed by atoms with van der Waals surface area (Å²) in [6.07, 6.45) is 9.98. The zero-order valence-electron chi connectivity index (χ0n) is 21.1. The highest BCUT2D eigenvalue weighted by atomic mass is 32.2. The molecule has 2 aromatic rings. The van der Waals surface area contributed by atoms with Gasteiger partial charge in [0.2, 0.25) is 0 Å². The standard InChI is InChI=1S/C26H36N6O3S/c1-16(2)14-36(34,35)15-18-4-6-21(7-5-18)29-23-12-24(30-22-8-9-22)32-25(31-23)20(13-27-32)11-19-10-17(3)28-26(19)33/h11-13,16,18,21-22,30H,3-10,14-15H2,1-2H3,(H,28,33)(H,29,31)/b19-11+. The summed E-state index contributed by atoms with van der Waals surface area (Å²) in [7, 11) is -3.00. The van der Waals surface area contributed by atoms with Gasteiger partial charge in [0, 0.05) is 41.4 Å². The maximum absolute atomic E-state index is 12.4. The van der Waals surface area contributed by atoms with Crippen LogP contribution in [0.5, 0.6) is 0 Å². The number of nitrogens with zero attached hydrogens (tertiary/aromatic N) is 3. The summed E-state index contributed by atoms with van der Waals surface area (Å²) >= 11 is 0. The third kappa shape index (κ3) is 5.91. The van der Waals surface area contributed by atoms with Crippen molar-refractivity contribution in [2.24, 2.45) is 11.8 Å². The summed E-state index contributed by atoms with van der Waals surface area (Å²) in [5.41, 5.74) is 2.82. The van der Waals surface area contributed by atoms with Crippen LogP contribution in [0.15, 0.2) is 30.1 Å². The molecule has 1 aliphatic heterocycles. The third-order valence-corrected chi connectivity index (χ3v) is 9.17. The fourth-order valence-corrected chi connectivity index (χ4v) is 7.42. The van der Waals surface area contributed by atoms with Crippen molar-refractivity contribution in [3.63, 3.8) is 0 Å². The fraction of sp³-hybridized carbons (Fsp3) is 0.577.